The molecule has 2 aliphatic carbocycles. The Bertz CT molecular complexity index is 3930. The minimum Gasteiger partial charge on any atom is -0.495 e. The van der Waals surface area contributed by atoms with Gasteiger partial charge in [0.15, 0.2) is 0 Å². The number of hydrogen-bond acceptors (Lipinski definition) is 20. The van der Waals surface area contributed by atoms with E-state index in [0.717, 1.165) is 34.0 Å². The first-order valence-electron chi connectivity index (χ1n) is 24.1. The number of rotatable bonds is 18. The standard InChI is InChI=1S/C60H38N6O10S4/c1-71-43-24-47(65-39(27-61)28-62)79-51(43)42-23-41-49(60(42,57(69)75-33-37-19-11-5-12-20-37)58(70)76-34-38-21-13-6-14-22-38)54-50(53-46(78-54)26-45(77-53)52-44(72-2)25-48(80-52)66-40(29-63)30-64)59(41,55(67)73-31-35-15-7-3-8-16-35)56(68)74-32-36-17-9-4-10-18-36/h3-26H,31-34H2,1-2H3. The van der Waals surface area contributed by atoms with E-state index in [1.807, 2.05) is 0 Å². The number of nitriles is 4. The Labute approximate surface area is 472 Å². The molecule has 20 heteroatoms. The van der Waals surface area contributed by atoms with E-state index >= 15 is 19.2 Å². The Balaban J connectivity index is 1.29. The van der Waals surface area contributed by atoms with Crippen molar-refractivity contribution in [2.75, 3.05) is 14.2 Å². The molecule has 80 heavy (non-hydrogen) atoms. The average Bonchev–Trinajstić information content (AvgIpc) is 1.78. The molecule has 4 aromatic heterocycles. The molecule has 392 valence electrons. The van der Waals surface area contributed by atoms with Gasteiger partial charge in [0.05, 0.1) is 33.6 Å². The van der Waals surface area contributed by atoms with Crippen LogP contribution in [0.5, 0.6) is 11.5 Å². The summed E-state index contributed by atoms with van der Waals surface area (Å²) in [6.45, 7) is -1.33. The Hall–Kier alpha value is -9.80. The van der Waals surface area contributed by atoms with Crippen molar-refractivity contribution in [3.63, 3.8) is 0 Å². The molecule has 4 heterocycles. The van der Waals surface area contributed by atoms with Crippen LogP contribution in [0, 0.1) is 50.7 Å². The summed E-state index contributed by atoms with van der Waals surface area (Å²) in [5.41, 5.74) is -4.28. The van der Waals surface area contributed by atoms with Gasteiger partial charge in [0.2, 0.25) is 22.3 Å². The Kier molecular flexibility index (Phi) is 15.4. The van der Waals surface area contributed by atoms with Gasteiger partial charge in [0.25, 0.3) is 0 Å². The summed E-state index contributed by atoms with van der Waals surface area (Å²) in [7, 11) is 2.79. The Morgan fingerprint density at radius 1 is 0.487 bits per heavy atom. The Morgan fingerprint density at radius 2 is 0.875 bits per heavy atom. The van der Waals surface area contributed by atoms with Crippen molar-refractivity contribution in [3.05, 3.63) is 189 Å². The van der Waals surface area contributed by atoms with E-state index < -0.39 is 40.4 Å². The number of thiophene rings is 4. The fraction of sp³-hybridized carbons (Fsp3) is 0.133. The van der Waals surface area contributed by atoms with E-state index in [1.165, 1.54) is 37.7 Å². The van der Waals surface area contributed by atoms with Crippen LogP contribution in [0.1, 0.15) is 37.6 Å². The summed E-state index contributed by atoms with van der Waals surface area (Å²) in [5, 5.41) is 39.0. The Morgan fingerprint density at radius 3 is 1.27 bits per heavy atom. The molecule has 0 saturated carbocycles. The fourth-order valence-corrected chi connectivity index (χ4v) is 14.4. The van der Waals surface area contributed by atoms with Gasteiger partial charge in [-0.05, 0) is 40.0 Å². The largest absolute Gasteiger partial charge is 0.495 e. The summed E-state index contributed by atoms with van der Waals surface area (Å²) >= 11 is 4.26. The van der Waals surface area contributed by atoms with Gasteiger partial charge in [-0.1, -0.05) is 121 Å². The molecule has 10 rings (SSSR count). The molecular weight excluding hydrogens is 1090 g/mol. The van der Waals surface area contributed by atoms with Gasteiger partial charge in [-0.2, -0.15) is 21.0 Å². The summed E-state index contributed by atoms with van der Waals surface area (Å²) in [6, 6.07) is 47.0. The van der Waals surface area contributed by atoms with Crippen molar-refractivity contribution >= 4 is 111 Å². The van der Waals surface area contributed by atoms with Crippen LogP contribution >= 0.6 is 45.3 Å². The first-order valence-corrected chi connectivity index (χ1v) is 27.3. The van der Waals surface area contributed by atoms with Crippen molar-refractivity contribution in [1.82, 2.24) is 0 Å². The zero-order chi connectivity index (χ0) is 56.0. The van der Waals surface area contributed by atoms with Crippen molar-refractivity contribution in [3.8, 4) is 45.5 Å². The van der Waals surface area contributed by atoms with Crippen LogP contribution in [-0.4, -0.2) is 49.5 Å². The number of methoxy groups -OCH3 is 2. The van der Waals surface area contributed by atoms with Crippen LogP contribution in [0.25, 0.3) is 30.3 Å². The lowest BCUT2D eigenvalue weighted by atomic mass is 9.75. The first kappa shape index (κ1) is 53.6. The smallest absolute Gasteiger partial charge is 0.333 e. The van der Waals surface area contributed by atoms with Gasteiger partial charge in [-0.15, -0.1) is 45.3 Å². The van der Waals surface area contributed by atoms with Crippen LogP contribution in [-0.2, 0) is 70.0 Å². The fourth-order valence-electron chi connectivity index (χ4n) is 9.34. The maximum absolute atomic E-state index is 16.1. The highest BCUT2D eigenvalue weighted by molar-refractivity contribution is 7.32. The lowest BCUT2D eigenvalue weighted by molar-refractivity contribution is -0.166. The van der Waals surface area contributed by atoms with E-state index in [9.17, 15) is 21.0 Å². The summed E-state index contributed by atoms with van der Waals surface area (Å²) in [4.78, 5) is 74.3. The number of hydrogen-bond donors (Lipinski definition) is 0. The molecule has 16 nitrogen and oxygen atoms in total. The van der Waals surface area contributed by atoms with Gasteiger partial charge in [-0.25, -0.2) is 9.98 Å². The van der Waals surface area contributed by atoms with E-state index in [4.69, 9.17) is 28.4 Å². The van der Waals surface area contributed by atoms with Crippen LogP contribution in [0.4, 0.5) is 10.0 Å². The van der Waals surface area contributed by atoms with Gasteiger partial charge in [0, 0.05) is 38.4 Å². The molecular formula is C60H38N6O10S4. The molecule has 0 atom stereocenters. The van der Waals surface area contributed by atoms with E-state index in [-0.39, 0.29) is 74.9 Å². The molecule has 8 aromatic rings. The zero-order valence-corrected chi connectivity index (χ0v) is 45.3. The molecule has 0 fully saturated rings. The normalized spacial score (nSPS) is 13.2. The van der Waals surface area contributed by atoms with Gasteiger partial charge >= 0.3 is 23.9 Å². The number of esters is 4. The predicted octanol–water partition coefficient (Wildman–Crippen LogP) is 12.1. The van der Waals surface area contributed by atoms with Gasteiger partial charge < -0.3 is 28.4 Å². The number of aliphatic imine (C=N–C) groups is 2. The second-order valence-electron chi connectivity index (χ2n) is 17.5. The molecule has 0 saturated heterocycles. The zero-order valence-electron chi connectivity index (χ0n) is 42.1. The van der Waals surface area contributed by atoms with Crippen molar-refractivity contribution in [2.24, 2.45) is 15.4 Å². The van der Waals surface area contributed by atoms with Crippen molar-refractivity contribution in [2.45, 2.75) is 31.8 Å². The third-order valence-corrected chi connectivity index (χ3v) is 17.6. The third-order valence-electron chi connectivity index (χ3n) is 12.9. The highest BCUT2D eigenvalue weighted by Crippen LogP contribution is 2.69. The molecule has 0 spiro atoms. The number of allylic oxidation sites excluding steroid dienone is 1. The van der Waals surface area contributed by atoms with E-state index in [2.05, 4.69) is 9.98 Å². The maximum atomic E-state index is 16.1. The highest BCUT2D eigenvalue weighted by atomic mass is 32.1. The van der Waals surface area contributed by atoms with Gasteiger partial charge in [0.1, 0.15) is 72.2 Å². The molecule has 0 unspecified atom stereocenters. The molecule has 0 bridgehead atoms. The lowest BCUT2D eigenvalue weighted by Gasteiger charge is -2.31. The average molecular weight is 1130 g/mol. The van der Waals surface area contributed by atoms with Gasteiger partial charge in [-0.3, -0.25) is 19.2 Å². The molecule has 0 radical (unpaired) electrons. The SMILES string of the molecule is COc1cc(N=C(C#N)C#N)sc1C1=CC2=C(c3sc4cc(-c5sc(N=C(C#N)C#N)cc5OC)sc4c3C2(C(=O)OCc2ccccc2)C(=O)OCc2ccccc2)C1(C(=O)OCc1ccccc1)C(=O)OCc1ccccc1. The van der Waals surface area contributed by atoms with Crippen LogP contribution in [0.3, 0.4) is 0 Å². The third kappa shape index (κ3) is 9.70. The number of carbonyl (C=O) groups excluding carboxylic acids is 4. The van der Waals surface area contributed by atoms with E-state index in [1.54, 1.807) is 158 Å². The molecule has 0 amide bonds. The second-order valence-corrected chi connectivity index (χ2v) is 21.7. The number of carbonyl (C=O) groups is 4. The number of nitrogens with zero attached hydrogens (tertiary/aromatic N) is 6. The summed E-state index contributed by atoms with van der Waals surface area (Å²) in [6.07, 6.45) is 1.41. The molecule has 2 aliphatic rings. The van der Waals surface area contributed by atoms with Crippen molar-refractivity contribution < 1.29 is 47.6 Å². The number of ether oxygens (including phenoxy) is 6. The maximum Gasteiger partial charge on any atom is 0.333 e. The summed E-state index contributed by atoms with van der Waals surface area (Å²) < 4.78 is 37.8. The lowest BCUT2D eigenvalue weighted by Crippen LogP contribution is -2.46. The highest BCUT2D eigenvalue weighted by Gasteiger charge is 2.71. The minimum absolute atomic E-state index is 0.0405. The molecule has 4 aromatic carbocycles. The summed E-state index contributed by atoms with van der Waals surface area (Å²) in [5.74, 6) is -4.12. The second kappa shape index (κ2) is 23.0. The number of fused-ring (bicyclic) bond motifs is 4. The predicted molar refractivity (Wildman–Crippen MR) is 301 cm³/mol. The van der Waals surface area contributed by atoms with E-state index in [0.29, 0.717) is 52.2 Å². The van der Waals surface area contributed by atoms with Crippen LogP contribution in [0.2, 0.25) is 0 Å². The van der Waals surface area contributed by atoms with Crippen LogP contribution in [0.15, 0.2) is 161 Å². The van der Waals surface area contributed by atoms with Crippen LogP contribution < -0.4 is 9.47 Å². The molecule has 0 N–H and O–H groups in total. The number of benzene rings is 4. The minimum atomic E-state index is -2.69. The van der Waals surface area contributed by atoms with Crippen molar-refractivity contribution in [1.29, 1.82) is 21.0 Å². The molecule has 0 aliphatic heterocycles. The first-order chi connectivity index (χ1) is 39.0. The topological polar surface area (TPSA) is 244 Å². The monoisotopic (exact) mass is 1130 g/mol. The quantitative estimate of drug-likeness (QED) is 0.0336.